The number of ether oxygens (including phenoxy) is 1. The van der Waals surface area contributed by atoms with E-state index in [1.165, 1.54) is 0 Å². The molecule has 24 heavy (non-hydrogen) atoms. The van der Waals surface area contributed by atoms with Crippen LogP contribution in [-0.4, -0.2) is 30.6 Å². The summed E-state index contributed by atoms with van der Waals surface area (Å²) in [5.74, 6) is 1.09. The van der Waals surface area contributed by atoms with Gasteiger partial charge in [-0.15, -0.1) is 0 Å². The van der Waals surface area contributed by atoms with Crippen molar-refractivity contribution in [2.45, 2.75) is 57.5 Å². The summed E-state index contributed by atoms with van der Waals surface area (Å²) in [6, 6.07) is 7.04. The Kier molecular flexibility index (Phi) is 6.16. The second-order valence-corrected chi connectivity index (χ2v) is 7.88. The summed E-state index contributed by atoms with van der Waals surface area (Å²) < 4.78 is 5.55. The summed E-state index contributed by atoms with van der Waals surface area (Å²) in [6.07, 6.45) is 4.18. The molecule has 0 aromatic heterocycles. The Morgan fingerprint density at radius 3 is 2.54 bits per heavy atom. The molecule has 4 nitrogen and oxygen atoms in total. The van der Waals surface area contributed by atoms with Crippen LogP contribution in [0.1, 0.15) is 46.5 Å². The standard InChI is InChI=1S/C19H29ClN2O2/c1-14(2)19(21-4)11-5-10-18(3,13-19)22-17(23)12-24-16-8-6-15(20)7-9-16/h6-9,14,21H,5,10-13H2,1-4H3,(H,22,23). The van der Waals surface area contributed by atoms with Crippen LogP contribution in [0.3, 0.4) is 0 Å². The molecule has 134 valence electrons. The second-order valence-electron chi connectivity index (χ2n) is 7.44. The van der Waals surface area contributed by atoms with Crippen LogP contribution in [0.4, 0.5) is 0 Å². The van der Waals surface area contributed by atoms with Gasteiger partial charge in [0.05, 0.1) is 0 Å². The lowest BCUT2D eigenvalue weighted by molar-refractivity contribution is -0.125. The fourth-order valence-corrected chi connectivity index (χ4v) is 3.95. The number of nitrogens with one attached hydrogen (secondary N) is 2. The maximum Gasteiger partial charge on any atom is 0.258 e. The van der Waals surface area contributed by atoms with Crippen molar-refractivity contribution in [2.24, 2.45) is 5.92 Å². The van der Waals surface area contributed by atoms with Crippen molar-refractivity contribution in [2.75, 3.05) is 13.7 Å². The maximum absolute atomic E-state index is 12.3. The average Bonchev–Trinajstić information content (AvgIpc) is 2.53. The third-order valence-corrected chi connectivity index (χ3v) is 5.54. The molecule has 0 radical (unpaired) electrons. The number of amides is 1. The van der Waals surface area contributed by atoms with E-state index in [9.17, 15) is 4.79 Å². The number of halogens is 1. The van der Waals surface area contributed by atoms with Gasteiger partial charge in [-0.3, -0.25) is 4.79 Å². The van der Waals surface area contributed by atoms with Gasteiger partial charge < -0.3 is 15.4 Å². The summed E-state index contributed by atoms with van der Waals surface area (Å²) in [5, 5.41) is 7.36. The molecule has 2 rings (SSSR count). The third kappa shape index (κ3) is 4.64. The van der Waals surface area contributed by atoms with Crippen LogP contribution in [0.2, 0.25) is 5.02 Å². The Hall–Kier alpha value is -1.26. The van der Waals surface area contributed by atoms with Crippen LogP contribution in [0.15, 0.2) is 24.3 Å². The minimum atomic E-state index is -0.202. The molecule has 0 heterocycles. The molecule has 0 aliphatic heterocycles. The molecule has 1 aromatic carbocycles. The zero-order valence-electron chi connectivity index (χ0n) is 15.1. The van der Waals surface area contributed by atoms with Gasteiger partial charge in [0, 0.05) is 16.1 Å². The van der Waals surface area contributed by atoms with Crippen molar-refractivity contribution in [1.29, 1.82) is 0 Å². The number of hydrogen-bond acceptors (Lipinski definition) is 3. The summed E-state index contributed by atoms with van der Waals surface area (Å²) >= 11 is 5.85. The molecule has 0 spiro atoms. The average molecular weight is 353 g/mol. The number of benzene rings is 1. The fraction of sp³-hybridized carbons (Fsp3) is 0.632. The van der Waals surface area contributed by atoms with E-state index in [4.69, 9.17) is 16.3 Å². The molecule has 1 aliphatic carbocycles. The second kappa shape index (κ2) is 7.75. The van der Waals surface area contributed by atoms with Crippen molar-refractivity contribution in [3.63, 3.8) is 0 Å². The first-order valence-electron chi connectivity index (χ1n) is 8.67. The van der Waals surface area contributed by atoms with Gasteiger partial charge in [-0.25, -0.2) is 0 Å². The molecule has 1 aromatic rings. The topological polar surface area (TPSA) is 50.4 Å². The lowest BCUT2D eigenvalue weighted by atomic mass is 9.67. The van der Waals surface area contributed by atoms with Crippen molar-refractivity contribution in [1.82, 2.24) is 10.6 Å². The van der Waals surface area contributed by atoms with Crippen LogP contribution < -0.4 is 15.4 Å². The van der Waals surface area contributed by atoms with E-state index in [0.717, 1.165) is 25.7 Å². The predicted octanol–water partition coefficient (Wildman–Crippen LogP) is 3.78. The van der Waals surface area contributed by atoms with Gasteiger partial charge in [0.25, 0.3) is 5.91 Å². The molecular weight excluding hydrogens is 324 g/mol. The number of rotatable bonds is 6. The molecule has 2 N–H and O–H groups in total. The van der Waals surface area contributed by atoms with E-state index in [2.05, 4.69) is 31.4 Å². The highest BCUT2D eigenvalue weighted by atomic mass is 35.5. The molecule has 2 atom stereocenters. The Bertz CT molecular complexity index is 561. The molecular formula is C19H29ClN2O2. The lowest BCUT2D eigenvalue weighted by Crippen LogP contribution is -2.61. The van der Waals surface area contributed by atoms with Crippen LogP contribution in [0.5, 0.6) is 5.75 Å². The molecule has 1 saturated carbocycles. The molecule has 2 unspecified atom stereocenters. The van der Waals surface area contributed by atoms with E-state index in [1.807, 2.05) is 7.05 Å². The first-order valence-corrected chi connectivity index (χ1v) is 9.05. The van der Waals surface area contributed by atoms with Crippen molar-refractivity contribution in [3.8, 4) is 5.75 Å². The van der Waals surface area contributed by atoms with E-state index in [0.29, 0.717) is 16.7 Å². The molecule has 5 heteroatoms. The normalized spacial score (nSPS) is 27.1. The van der Waals surface area contributed by atoms with Crippen molar-refractivity contribution < 1.29 is 9.53 Å². The number of carbonyl (C=O) groups excluding carboxylic acids is 1. The largest absolute Gasteiger partial charge is 0.484 e. The minimum Gasteiger partial charge on any atom is -0.484 e. The molecule has 1 amide bonds. The van der Waals surface area contributed by atoms with Crippen molar-refractivity contribution >= 4 is 17.5 Å². The zero-order chi connectivity index (χ0) is 17.8. The molecule has 0 bridgehead atoms. The van der Waals surface area contributed by atoms with Gasteiger partial charge in [-0.2, -0.15) is 0 Å². The Balaban J connectivity index is 1.93. The van der Waals surface area contributed by atoms with Crippen molar-refractivity contribution in [3.05, 3.63) is 29.3 Å². The summed E-state index contributed by atoms with van der Waals surface area (Å²) in [6.45, 7) is 6.65. The highest BCUT2D eigenvalue weighted by Crippen LogP contribution is 2.39. The maximum atomic E-state index is 12.3. The predicted molar refractivity (Wildman–Crippen MR) is 98.6 cm³/mol. The number of carbonyl (C=O) groups is 1. The lowest BCUT2D eigenvalue weighted by Gasteiger charge is -2.49. The Morgan fingerprint density at radius 1 is 1.29 bits per heavy atom. The highest BCUT2D eigenvalue weighted by molar-refractivity contribution is 6.30. The Morgan fingerprint density at radius 2 is 1.96 bits per heavy atom. The van der Waals surface area contributed by atoms with Crippen LogP contribution in [0.25, 0.3) is 0 Å². The summed E-state index contributed by atoms with van der Waals surface area (Å²) in [7, 11) is 2.03. The first kappa shape index (κ1) is 19.1. The van der Waals surface area contributed by atoms with E-state index < -0.39 is 0 Å². The third-order valence-electron chi connectivity index (χ3n) is 5.28. The first-order chi connectivity index (χ1) is 11.3. The van der Waals surface area contributed by atoms with Crippen LogP contribution in [-0.2, 0) is 4.79 Å². The quantitative estimate of drug-likeness (QED) is 0.819. The molecule has 1 aliphatic rings. The van der Waals surface area contributed by atoms with Gasteiger partial charge in [0.2, 0.25) is 0 Å². The van der Waals surface area contributed by atoms with Crippen LogP contribution >= 0.6 is 11.6 Å². The zero-order valence-corrected chi connectivity index (χ0v) is 15.9. The smallest absolute Gasteiger partial charge is 0.258 e. The summed E-state index contributed by atoms with van der Waals surface area (Å²) in [4.78, 5) is 12.3. The molecule has 0 saturated heterocycles. The highest BCUT2D eigenvalue weighted by Gasteiger charge is 2.43. The summed E-state index contributed by atoms with van der Waals surface area (Å²) in [5.41, 5.74) is -0.122. The van der Waals surface area contributed by atoms with E-state index >= 15 is 0 Å². The van der Waals surface area contributed by atoms with Crippen LogP contribution in [0, 0.1) is 5.92 Å². The van der Waals surface area contributed by atoms with E-state index in [1.54, 1.807) is 24.3 Å². The Labute approximate surface area is 150 Å². The SMILES string of the molecule is CNC1(C(C)C)CCCC(C)(NC(=O)COc2ccc(Cl)cc2)C1. The van der Waals surface area contributed by atoms with Gasteiger partial charge in [-0.05, 0) is 69.8 Å². The van der Waals surface area contributed by atoms with Gasteiger partial charge in [0.1, 0.15) is 5.75 Å². The van der Waals surface area contributed by atoms with Gasteiger partial charge >= 0.3 is 0 Å². The monoisotopic (exact) mass is 352 g/mol. The number of hydrogen-bond donors (Lipinski definition) is 2. The van der Waals surface area contributed by atoms with Gasteiger partial charge in [0.15, 0.2) is 6.61 Å². The van der Waals surface area contributed by atoms with Gasteiger partial charge in [-0.1, -0.05) is 25.4 Å². The minimum absolute atomic E-state index is 0.0193. The fourth-order valence-electron chi connectivity index (χ4n) is 3.82. The molecule has 1 fully saturated rings. The van der Waals surface area contributed by atoms with E-state index in [-0.39, 0.29) is 23.6 Å².